The molecule has 1 amide bonds. The lowest BCUT2D eigenvalue weighted by atomic mass is 10.1. The van der Waals surface area contributed by atoms with Gasteiger partial charge >= 0.3 is 0 Å². The molecule has 1 aromatic rings. The lowest BCUT2D eigenvalue weighted by molar-refractivity contribution is 0.0951. The molecule has 104 valence electrons. The fraction of sp³-hybridized carbons (Fsp3) is 0.417. The van der Waals surface area contributed by atoms with Crippen LogP contribution in [0, 0.1) is 12.8 Å². The van der Waals surface area contributed by atoms with Gasteiger partial charge in [0, 0.05) is 16.6 Å². The summed E-state index contributed by atoms with van der Waals surface area (Å²) < 4.78 is 23.5. The van der Waals surface area contributed by atoms with Crippen molar-refractivity contribution in [3.63, 3.8) is 0 Å². The highest BCUT2D eigenvalue weighted by molar-refractivity contribution is 9.10. The van der Waals surface area contributed by atoms with E-state index in [9.17, 15) is 13.2 Å². The van der Waals surface area contributed by atoms with Gasteiger partial charge < -0.3 is 5.32 Å². The molecule has 2 rings (SSSR count). The maximum absolute atomic E-state index is 12.1. The van der Waals surface area contributed by atoms with E-state index in [4.69, 9.17) is 5.14 Å². The van der Waals surface area contributed by atoms with Crippen molar-refractivity contribution in [3.05, 3.63) is 27.7 Å². The van der Waals surface area contributed by atoms with Crippen molar-refractivity contribution in [1.82, 2.24) is 5.32 Å². The van der Waals surface area contributed by atoms with E-state index in [-0.39, 0.29) is 10.8 Å². The number of sulfonamides is 1. The summed E-state index contributed by atoms with van der Waals surface area (Å²) in [6.45, 7) is 2.22. The number of hydrogen-bond acceptors (Lipinski definition) is 3. The van der Waals surface area contributed by atoms with Crippen molar-refractivity contribution in [2.75, 3.05) is 6.54 Å². The third-order valence-corrected chi connectivity index (χ3v) is 4.62. The van der Waals surface area contributed by atoms with Gasteiger partial charge in [-0.25, -0.2) is 13.6 Å². The number of carbonyl (C=O) groups excluding carboxylic acids is 1. The Kier molecular flexibility index (Phi) is 3.98. The third kappa shape index (κ3) is 3.55. The highest BCUT2D eigenvalue weighted by atomic mass is 79.9. The zero-order valence-corrected chi connectivity index (χ0v) is 12.8. The summed E-state index contributed by atoms with van der Waals surface area (Å²) in [4.78, 5) is 12.0. The van der Waals surface area contributed by atoms with Crippen LogP contribution in [0.5, 0.6) is 0 Å². The second-order valence-electron chi connectivity index (χ2n) is 4.77. The molecular weight excluding hydrogens is 332 g/mol. The van der Waals surface area contributed by atoms with Crippen molar-refractivity contribution in [2.24, 2.45) is 11.1 Å². The van der Waals surface area contributed by atoms with Crippen LogP contribution in [0.15, 0.2) is 21.5 Å². The van der Waals surface area contributed by atoms with E-state index in [1.54, 1.807) is 13.0 Å². The van der Waals surface area contributed by atoms with E-state index in [0.29, 0.717) is 28.1 Å². The van der Waals surface area contributed by atoms with Gasteiger partial charge in [-0.15, -0.1) is 0 Å². The Balaban J connectivity index is 2.33. The van der Waals surface area contributed by atoms with Crippen LogP contribution in [0.25, 0.3) is 0 Å². The van der Waals surface area contributed by atoms with Crippen LogP contribution in [0.3, 0.4) is 0 Å². The topological polar surface area (TPSA) is 89.3 Å². The van der Waals surface area contributed by atoms with E-state index in [0.717, 1.165) is 12.8 Å². The summed E-state index contributed by atoms with van der Waals surface area (Å²) in [7, 11) is -3.84. The van der Waals surface area contributed by atoms with Gasteiger partial charge in [0.1, 0.15) is 0 Å². The van der Waals surface area contributed by atoms with E-state index in [1.165, 1.54) is 6.07 Å². The Morgan fingerprint density at radius 2 is 2.11 bits per heavy atom. The minimum absolute atomic E-state index is 0.0292. The lowest BCUT2D eigenvalue weighted by Crippen LogP contribution is -2.27. The highest BCUT2D eigenvalue weighted by Crippen LogP contribution is 2.28. The summed E-state index contributed by atoms with van der Waals surface area (Å²) in [6, 6.07) is 3.01. The van der Waals surface area contributed by atoms with Crippen LogP contribution in [0.4, 0.5) is 0 Å². The molecule has 1 aromatic carbocycles. The molecule has 0 saturated heterocycles. The molecule has 19 heavy (non-hydrogen) atoms. The summed E-state index contributed by atoms with van der Waals surface area (Å²) >= 11 is 3.20. The predicted octanol–water partition coefficient (Wildman–Crippen LogP) is 1.54. The number of benzene rings is 1. The SMILES string of the molecule is Cc1c(C(=O)NCC2CC2)cc(Br)cc1S(N)(=O)=O. The standard InChI is InChI=1S/C12H15BrN2O3S/c1-7-10(12(16)15-6-8-2-3-8)4-9(13)5-11(7)19(14,17)18/h4-5,8H,2-3,6H2,1H3,(H,15,16)(H2,14,17,18). The van der Waals surface area contributed by atoms with Gasteiger partial charge in [-0.2, -0.15) is 0 Å². The maximum atomic E-state index is 12.1. The van der Waals surface area contributed by atoms with Crippen LogP contribution in [-0.4, -0.2) is 20.9 Å². The van der Waals surface area contributed by atoms with Crippen LogP contribution in [0.1, 0.15) is 28.8 Å². The first-order valence-corrected chi connectivity index (χ1v) is 8.24. The van der Waals surface area contributed by atoms with Crippen molar-refractivity contribution < 1.29 is 13.2 Å². The number of halogens is 1. The summed E-state index contributed by atoms with van der Waals surface area (Å²) in [5.74, 6) is 0.296. The van der Waals surface area contributed by atoms with Crippen LogP contribution < -0.4 is 10.5 Å². The number of nitrogens with two attached hydrogens (primary N) is 1. The lowest BCUT2D eigenvalue weighted by Gasteiger charge is -2.11. The second kappa shape index (κ2) is 5.22. The fourth-order valence-corrected chi connectivity index (χ4v) is 3.28. The molecule has 0 radical (unpaired) electrons. The zero-order chi connectivity index (χ0) is 14.2. The van der Waals surface area contributed by atoms with E-state index in [1.807, 2.05) is 0 Å². The molecule has 0 aromatic heterocycles. The minimum Gasteiger partial charge on any atom is -0.352 e. The second-order valence-corrected chi connectivity index (χ2v) is 7.22. The molecule has 1 aliphatic carbocycles. The Labute approximate surface area is 120 Å². The summed E-state index contributed by atoms with van der Waals surface area (Å²) in [6.07, 6.45) is 2.28. The average Bonchev–Trinajstić information content (AvgIpc) is 3.11. The Morgan fingerprint density at radius 3 is 2.63 bits per heavy atom. The highest BCUT2D eigenvalue weighted by Gasteiger charge is 2.23. The molecule has 0 atom stereocenters. The number of hydrogen-bond donors (Lipinski definition) is 2. The molecule has 1 aliphatic rings. The van der Waals surface area contributed by atoms with Crippen LogP contribution >= 0.6 is 15.9 Å². The minimum atomic E-state index is -3.84. The predicted molar refractivity (Wildman–Crippen MR) is 75.3 cm³/mol. The number of amides is 1. The quantitative estimate of drug-likeness (QED) is 0.866. The van der Waals surface area contributed by atoms with E-state index in [2.05, 4.69) is 21.2 Å². The number of primary sulfonamides is 1. The molecule has 5 nitrogen and oxygen atoms in total. The van der Waals surface area contributed by atoms with Gasteiger partial charge in [-0.05, 0) is 43.4 Å². The average molecular weight is 347 g/mol. The van der Waals surface area contributed by atoms with Gasteiger partial charge in [-0.3, -0.25) is 4.79 Å². The maximum Gasteiger partial charge on any atom is 0.251 e. The smallest absolute Gasteiger partial charge is 0.251 e. The first-order chi connectivity index (χ1) is 8.79. The van der Waals surface area contributed by atoms with Gasteiger partial charge in [0.05, 0.1) is 4.90 Å². The normalized spacial score (nSPS) is 15.3. The fourth-order valence-electron chi connectivity index (χ4n) is 1.84. The molecule has 7 heteroatoms. The zero-order valence-electron chi connectivity index (χ0n) is 10.4. The van der Waals surface area contributed by atoms with Crippen molar-refractivity contribution in [2.45, 2.75) is 24.7 Å². The van der Waals surface area contributed by atoms with Crippen LogP contribution in [0.2, 0.25) is 0 Å². The monoisotopic (exact) mass is 346 g/mol. The van der Waals surface area contributed by atoms with Gasteiger partial charge in [-0.1, -0.05) is 15.9 Å². The van der Waals surface area contributed by atoms with Gasteiger partial charge in [0.25, 0.3) is 5.91 Å². The van der Waals surface area contributed by atoms with Crippen molar-refractivity contribution >= 4 is 31.9 Å². The largest absolute Gasteiger partial charge is 0.352 e. The van der Waals surface area contributed by atoms with Gasteiger partial charge in [0.2, 0.25) is 10.0 Å². The number of carbonyl (C=O) groups is 1. The Bertz CT molecular complexity index is 624. The molecular formula is C12H15BrN2O3S. The summed E-state index contributed by atoms with van der Waals surface area (Å²) in [5.41, 5.74) is 0.707. The molecule has 0 spiro atoms. The molecule has 0 unspecified atom stereocenters. The molecule has 1 saturated carbocycles. The Morgan fingerprint density at radius 1 is 1.47 bits per heavy atom. The number of nitrogens with one attached hydrogen (secondary N) is 1. The molecule has 1 fully saturated rings. The molecule has 0 bridgehead atoms. The molecule has 0 heterocycles. The van der Waals surface area contributed by atoms with E-state index < -0.39 is 10.0 Å². The summed E-state index contributed by atoms with van der Waals surface area (Å²) in [5, 5.41) is 7.96. The Hall–Kier alpha value is -0.920. The van der Waals surface area contributed by atoms with Crippen molar-refractivity contribution in [1.29, 1.82) is 0 Å². The van der Waals surface area contributed by atoms with Gasteiger partial charge in [0.15, 0.2) is 0 Å². The van der Waals surface area contributed by atoms with E-state index >= 15 is 0 Å². The molecule has 3 N–H and O–H groups in total. The number of rotatable bonds is 4. The first kappa shape index (κ1) is 14.5. The first-order valence-electron chi connectivity index (χ1n) is 5.90. The third-order valence-electron chi connectivity index (χ3n) is 3.12. The van der Waals surface area contributed by atoms with Crippen molar-refractivity contribution in [3.8, 4) is 0 Å². The van der Waals surface area contributed by atoms with Crippen LogP contribution in [-0.2, 0) is 10.0 Å². The molecule has 0 aliphatic heterocycles.